The molecule has 0 bridgehead atoms. The highest BCUT2D eigenvalue weighted by molar-refractivity contribution is 7.92. The first-order chi connectivity index (χ1) is 15.9. The normalized spacial score (nSPS) is 11.6. The summed E-state index contributed by atoms with van der Waals surface area (Å²) in [6.07, 6.45) is 0. The molecule has 0 aliphatic heterocycles. The number of anilines is 3. The summed E-state index contributed by atoms with van der Waals surface area (Å²) in [5, 5.41) is 5.99. The number of nitrogens with zero attached hydrogens (tertiary/aromatic N) is 1. The van der Waals surface area contributed by atoms with Gasteiger partial charge in [-0.05, 0) is 47.9 Å². The fraction of sp³-hybridized carbons (Fsp3) is 0. The number of fused-ring (bicyclic) bond motifs is 2. The van der Waals surface area contributed by atoms with E-state index in [0.717, 1.165) is 28.6 Å². The Labute approximate surface area is 188 Å². The third-order valence-electron chi connectivity index (χ3n) is 5.17. The second-order valence-corrected chi connectivity index (χ2v) is 9.11. The number of aromatic nitrogens is 1. The SMILES string of the molecule is O=S(=O)(Nc1cccc2nc(Nc3cccc4ccccc34)ccc12)c1cc(F)cc(F)c1. The minimum absolute atomic E-state index is 0.251. The maximum absolute atomic E-state index is 13.5. The Morgan fingerprint density at radius 2 is 1.39 bits per heavy atom. The van der Waals surface area contributed by atoms with E-state index < -0.39 is 26.6 Å². The van der Waals surface area contributed by atoms with Gasteiger partial charge in [-0.25, -0.2) is 22.2 Å². The van der Waals surface area contributed by atoms with E-state index in [9.17, 15) is 17.2 Å². The summed E-state index contributed by atoms with van der Waals surface area (Å²) in [7, 11) is -4.21. The van der Waals surface area contributed by atoms with E-state index in [0.29, 0.717) is 22.8 Å². The molecule has 4 aromatic carbocycles. The minimum Gasteiger partial charge on any atom is -0.340 e. The Morgan fingerprint density at radius 1 is 0.697 bits per heavy atom. The van der Waals surface area contributed by atoms with Gasteiger partial charge >= 0.3 is 0 Å². The maximum atomic E-state index is 13.5. The number of hydrogen-bond acceptors (Lipinski definition) is 4. The second-order valence-electron chi connectivity index (χ2n) is 7.43. The Balaban J connectivity index is 1.49. The smallest absolute Gasteiger partial charge is 0.262 e. The zero-order valence-corrected chi connectivity index (χ0v) is 17.9. The molecule has 0 saturated carbocycles. The van der Waals surface area contributed by atoms with Gasteiger partial charge in [0.2, 0.25) is 0 Å². The molecule has 0 unspecified atom stereocenters. The summed E-state index contributed by atoms with van der Waals surface area (Å²) in [4.78, 5) is 4.10. The number of rotatable bonds is 5. The lowest BCUT2D eigenvalue weighted by Gasteiger charge is -2.13. The number of pyridine rings is 1. The van der Waals surface area contributed by atoms with Crippen LogP contribution in [0.1, 0.15) is 0 Å². The molecule has 0 radical (unpaired) electrons. The van der Waals surface area contributed by atoms with Gasteiger partial charge in [0.05, 0.1) is 16.1 Å². The number of sulfonamides is 1. The van der Waals surface area contributed by atoms with E-state index in [-0.39, 0.29) is 5.69 Å². The van der Waals surface area contributed by atoms with Crippen molar-refractivity contribution in [1.82, 2.24) is 4.98 Å². The monoisotopic (exact) mass is 461 g/mol. The summed E-state index contributed by atoms with van der Waals surface area (Å²) >= 11 is 0. The van der Waals surface area contributed by atoms with E-state index in [1.54, 1.807) is 30.3 Å². The number of benzene rings is 4. The molecule has 5 aromatic rings. The number of nitrogens with one attached hydrogen (secondary N) is 2. The van der Waals surface area contributed by atoms with Crippen LogP contribution < -0.4 is 10.0 Å². The van der Waals surface area contributed by atoms with Crippen LogP contribution >= 0.6 is 0 Å². The van der Waals surface area contributed by atoms with Crippen molar-refractivity contribution >= 4 is 48.9 Å². The predicted molar refractivity (Wildman–Crippen MR) is 126 cm³/mol. The van der Waals surface area contributed by atoms with Crippen LogP contribution in [0.4, 0.5) is 26.0 Å². The lowest BCUT2D eigenvalue weighted by molar-refractivity contribution is 0.568. The van der Waals surface area contributed by atoms with Crippen molar-refractivity contribution in [1.29, 1.82) is 0 Å². The zero-order chi connectivity index (χ0) is 23.0. The van der Waals surface area contributed by atoms with Gasteiger partial charge in [-0.3, -0.25) is 4.72 Å². The Bertz CT molecular complexity index is 1600. The number of halogens is 2. The highest BCUT2D eigenvalue weighted by Gasteiger charge is 2.18. The van der Waals surface area contributed by atoms with Gasteiger partial charge < -0.3 is 5.32 Å². The molecule has 0 atom stereocenters. The van der Waals surface area contributed by atoms with E-state index in [1.807, 2.05) is 42.5 Å². The number of hydrogen-bond donors (Lipinski definition) is 2. The van der Waals surface area contributed by atoms with Crippen LogP contribution in [0.2, 0.25) is 0 Å². The fourth-order valence-corrected chi connectivity index (χ4v) is 4.79. The molecular formula is C25H17F2N3O2S. The van der Waals surface area contributed by atoms with E-state index in [1.165, 1.54) is 0 Å². The molecule has 164 valence electrons. The van der Waals surface area contributed by atoms with Crippen molar-refractivity contribution in [3.05, 3.63) is 103 Å². The lowest BCUT2D eigenvalue weighted by atomic mass is 10.1. The lowest BCUT2D eigenvalue weighted by Crippen LogP contribution is -2.14. The van der Waals surface area contributed by atoms with E-state index in [2.05, 4.69) is 15.0 Å². The van der Waals surface area contributed by atoms with Crippen LogP contribution in [0.5, 0.6) is 0 Å². The van der Waals surface area contributed by atoms with Crippen LogP contribution in [-0.4, -0.2) is 13.4 Å². The molecule has 2 N–H and O–H groups in total. The minimum atomic E-state index is -4.21. The molecule has 0 spiro atoms. The molecule has 0 fully saturated rings. The molecule has 5 rings (SSSR count). The van der Waals surface area contributed by atoms with Crippen LogP contribution in [0.3, 0.4) is 0 Å². The van der Waals surface area contributed by atoms with Gasteiger partial charge in [-0.2, -0.15) is 0 Å². The van der Waals surface area contributed by atoms with Crippen molar-refractivity contribution < 1.29 is 17.2 Å². The standard InChI is InChI=1S/C25H17F2N3O2S/c26-17-13-18(27)15-19(14-17)33(31,32)30-24-10-4-9-23-21(24)11-12-25(29-23)28-22-8-3-6-16-5-1-2-7-20(16)22/h1-15,30H,(H,28,29). The summed E-state index contributed by atoms with van der Waals surface area (Å²) < 4.78 is 54.9. The van der Waals surface area contributed by atoms with Crippen molar-refractivity contribution in [3.8, 4) is 0 Å². The molecule has 0 aliphatic carbocycles. The van der Waals surface area contributed by atoms with Crippen molar-refractivity contribution in [2.45, 2.75) is 4.90 Å². The van der Waals surface area contributed by atoms with Gasteiger partial charge in [0.15, 0.2) is 0 Å². The third-order valence-corrected chi connectivity index (χ3v) is 6.52. The molecule has 5 nitrogen and oxygen atoms in total. The summed E-state index contributed by atoms with van der Waals surface area (Å²) in [6.45, 7) is 0. The molecule has 8 heteroatoms. The van der Waals surface area contributed by atoms with Gasteiger partial charge in [0.25, 0.3) is 10.0 Å². The average molecular weight is 461 g/mol. The fourth-order valence-electron chi connectivity index (χ4n) is 3.67. The third kappa shape index (κ3) is 4.20. The Kier molecular flexibility index (Phi) is 5.14. The predicted octanol–water partition coefficient (Wildman–Crippen LogP) is 6.21. The van der Waals surface area contributed by atoms with Crippen molar-refractivity contribution in [2.24, 2.45) is 0 Å². The largest absolute Gasteiger partial charge is 0.340 e. The first-order valence-corrected chi connectivity index (χ1v) is 11.5. The van der Waals surface area contributed by atoms with E-state index >= 15 is 0 Å². The molecule has 0 saturated heterocycles. The molecular weight excluding hydrogens is 444 g/mol. The van der Waals surface area contributed by atoms with Gasteiger partial charge in [0, 0.05) is 22.5 Å². The molecule has 0 aliphatic rings. The average Bonchev–Trinajstić information content (AvgIpc) is 2.79. The summed E-state index contributed by atoms with van der Waals surface area (Å²) in [5.74, 6) is -1.36. The van der Waals surface area contributed by atoms with Crippen LogP contribution in [0.15, 0.2) is 95.9 Å². The molecule has 1 aromatic heterocycles. The second kappa shape index (κ2) is 8.14. The van der Waals surface area contributed by atoms with Gasteiger partial charge in [0.1, 0.15) is 17.5 Å². The molecule has 1 heterocycles. The molecule has 33 heavy (non-hydrogen) atoms. The topological polar surface area (TPSA) is 71.1 Å². The van der Waals surface area contributed by atoms with E-state index in [4.69, 9.17) is 0 Å². The quantitative estimate of drug-likeness (QED) is 0.326. The summed E-state index contributed by atoms with van der Waals surface area (Å²) in [6, 6.07) is 24.5. The maximum Gasteiger partial charge on any atom is 0.262 e. The first kappa shape index (κ1) is 20.8. The van der Waals surface area contributed by atoms with Crippen LogP contribution in [0.25, 0.3) is 21.7 Å². The Hall–Kier alpha value is -4.04. The summed E-state index contributed by atoms with van der Waals surface area (Å²) in [5.41, 5.74) is 1.69. The van der Waals surface area contributed by atoms with Gasteiger partial charge in [-0.15, -0.1) is 0 Å². The highest BCUT2D eigenvalue weighted by atomic mass is 32.2. The van der Waals surface area contributed by atoms with Crippen LogP contribution in [-0.2, 0) is 10.0 Å². The zero-order valence-electron chi connectivity index (χ0n) is 17.1. The van der Waals surface area contributed by atoms with Crippen molar-refractivity contribution in [2.75, 3.05) is 10.0 Å². The Morgan fingerprint density at radius 3 is 2.21 bits per heavy atom. The van der Waals surface area contributed by atoms with Gasteiger partial charge in [-0.1, -0.05) is 42.5 Å². The van der Waals surface area contributed by atoms with Crippen LogP contribution in [0, 0.1) is 11.6 Å². The molecule has 0 amide bonds. The first-order valence-electron chi connectivity index (χ1n) is 10.0. The van der Waals surface area contributed by atoms with Crippen molar-refractivity contribution in [3.63, 3.8) is 0 Å². The highest BCUT2D eigenvalue weighted by Crippen LogP contribution is 2.29.